The van der Waals surface area contributed by atoms with Crippen LogP contribution in [0.2, 0.25) is 0 Å². The third kappa shape index (κ3) is 5.79. The number of nitro groups is 1. The maximum absolute atomic E-state index is 12.0. The summed E-state index contributed by atoms with van der Waals surface area (Å²) in [5.41, 5.74) is 0.547. The molecule has 0 bridgehead atoms. The molecular formula is C18H16N2O5S. The van der Waals surface area contributed by atoms with Crippen molar-refractivity contribution in [1.29, 1.82) is 5.26 Å². The van der Waals surface area contributed by atoms with Crippen molar-refractivity contribution < 1.29 is 19.2 Å². The van der Waals surface area contributed by atoms with Crippen molar-refractivity contribution >= 4 is 23.4 Å². The number of hydrogen-bond donors (Lipinski definition) is 0. The number of esters is 1. The molecule has 134 valence electrons. The second-order valence-electron chi connectivity index (χ2n) is 5.16. The molecule has 26 heavy (non-hydrogen) atoms. The molecule has 0 aliphatic rings. The predicted molar refractivity (Wildman–Crippen MR) is 96.0 cm³/mol. The van der Waals surface area contributed by atoms with Gasteiger partial charge >= 0.3 is 5.97 Å². The van der Waals surface area contributed by atoms with E-state index in [2.05, 4.69) is 0 Å². The summed E-state index contributed by atoms with van der Waals surface area (Å²) in [6.45, 7) is 2.01. The molecular weight excluding hydrogens is 356 g/mol. The SMILES string of the molecule is C[C@@H](Sc1ccc([N+](=O)[O-])cc1)C(=O)OCCOc1ccc(C#N)cc1. The van der Waals surface area contributed by atoms with Gasteiger partial charge < -0.3 is 9.47 Å². The Labute approximate surface area is 154 Å². The molecule has 0 aliphatic carbocycles. The topological polar surface area (TPSA) is 102 Å². The molecule has 0 heterocycles. The lowest BCUT2D eigenvalue weighted by Crippen LogP contribution is -2.20. The fraction of sp³-hybridized carbons (Fsp3) is 0.222. The minimum Gasteiger partial charge on any atom is -0.490 e. The monoisotopic (exact) mass is 372 g/mol. The van der Waals surface area contributed by atoms with Crippen LogP contribution in [-0.4, -0.2) is 29.4 Å². The van der Waals surface area contributed by atoms with Crippen LogP contribution in [-0.2, 0) is 9.53 Å². The van der Waals surface area contributed by atoms with Crippen molar-refractivity contribution in [3.05, 3.63) is 64.2 Å². The zero-order valence-electron chi connectivity index (χ0n) is 14.0. The largest absolute Gasteiger partial charge is 0.490 e. The molecule has 0 aromatic heterocycles. The van der Waals surface area contributed by atoms with Crippen LogP contribution in [0.4, 0.5) is 5.69 Å². The number of nitrogens with zero attached hydrogens (tertiary/aromatic N) is 2. The number of thioether (sulfide) groups is 1. The first kappa shape index (κ1) is 19.3. The molecule has 0 unspecified atom stereocenters. The van der Waals surface area contributed by atoms with E-state index >= 15 is 0 Å². The number of ether oxygens (including phenoxy) is 2. The number of carbonyl (C=O) groups is 1. The van der Waals surface area contributed by atoms with Gasteiger partial charge in [0.1, 0.15) is 24.2 Å². The first-order chi connectivity index (χ1) is 12.5. The van der Waals surface area contributed by atoms with Crippen LogP contribution in [0.25, 0.3) is 0 Å². The van der Waals surface area contributed by atoms with Crippen LogP contribution in [0.15, 0.2) is 53.4 Å². The first-order valence-corrected chi connectivity index (χ1v) is 8.58. The molecule has 2 rings (SSSR count). The Balaban J connectivity index is 1.72. The van der Waals surface area contributed by atoms with Crippen LogP contribution >= 0.6 is 11.8 Å². The third-order valence-electron chi connectivity index (χ3n) is 3.27. The molecule has 0 fully saturated rings. The van der Waals surface area contributed by atoms with Crippen LogP contribution in [0.3, 0.4) is 0 Å². The summed E-state index contributed by atoms with van der Waals surface area (Å²) < 4.78 is 10.6. The van der Waals surface area contributed by atoms with Crippen molar-refractivity contribution in [2.24, 2.45) is 0 Å². The Morgan fingerprint density at radius 1 is 1.19 bits per heavy atom. The van der Waals surface area contributed by atoms with Crippen molar-refractivity contribution in [3.63, 3.8) is 0 Å². The fourth-order valence-electron chi connectivity index (χ4n) is 1.94. The van der Waals surface area contributed by atoms with Gasteiger partial charge in [-0.15, -0.1) is 11.8 Å². The van der Waals surface area contributed by atoms with Gasteiger partial charge in [-0.05, 0) is 43.3 Å². The van der Waals surface area contributed by atoms with E-state index in [1.807, 2.05) is 6.07 Å². The summed E-state index contributed by atoms with van der Waals surface area (Å²) in [7, 11) is 0. The van der Waals surface area contributed by atoms with Gasteiger partial charge in [-0.25, -0.2) is 0 Å². The average Bonchev–Trinajstić information content (AvgIpc) is 2.66. The lowest BCUT2D eigenvalue weighted by molar-refractivity contribution is -0.384. The Bertz CT molecular complexity index is 800. The van der Waals surface area contributed by atoms with Gasteiger partial charge in [-0.3, -0.25) is 14.9 Å². The number of carbonyl (C=O) groups excluding carboxylic acids is 1. The van der Waals surface area contributed by atoms with E-state index in [4.69, 9.17) is 14.7 Å². The Morgan fingerprint density at radius 3 is 2.42 bits per heavy atom. The molecule has 0 aliphatic heterocycles. The smallest absolute Gasteiger partial charge is 0.319 e. The van der Waals surface area contributed by atoms with Crippen molar-refractivity contribution in [1.82, 2.24) is 0 Å². The van der Waals surface area contributed by atoms with Gasteiger partial charge in [0, 0.05) is 17.0 Å². The van der Waals surface area contributed by atoms with E-state index in [9.17, 15) is 14.9 Å². The highest BCUT2D eigenvalue weighted by molar-refractivity contribution is 8.00. The standard InChI is InChI=1S/C18H16N2O5S/c1-13(26-17-8-4-15(5-9-17)20(22)23)18(21)25-11-10-24-16-6-2-14(12-19)3-7-16/h2-9,13H,10-11H2,1H3/t13-/m1/s1. The lowest BCUT2D eigenvalue weighted by Gasteiger charge is -2.12. The first-order valence-electron chi connectivity index (χ1n) is 7.70. The van der Waals surface area contributed by atoms with Gasteiger partial charge in [0.05, 0.1) is 16.6 Å². The minimum absolute atomic E-state index is 0.00420. The maximum Gasteiger partial charge on any atom is 0.319 e. The van der Waals surface area contributed by atoms with Crippen LogP contribution in [0.1, 0.15) is 12.5 Å². The summed E-state index contributed by atoms with van der Waals surface area (Å²) in [6, 6.07) is 14.6. The molecule has 0 spiro atoms. The summed E-state index contributed by atoms with van der Waals surface area (Å²) in [6.07, 6.45) is 0. The number of nitro benzene ring substituents is 1. The molecule has 8 heteroatoms. The summed E-state index contributed by atoms with van der Waals surface area (Å²) in [4.78, 5) is 22.9. The molecule has 2 aromatic carbocycles. The number of rotatable bonds is 8. The number of hydrogen-bond acceptors (Lipinski definition) is 7. The molecule has 0 amide bonds. The zero-order valence-corrected chi connectivity index (χ0v) is 14.8. The molecule has 2 aromatic rings. The highest BCUT2D eigenvalue weighted by atomic mass is 32.2. The molecule has 0 radical (unpaired) electrons. The van der Waals surface area contributed by atoms with Crippen LogP contribution in [0, 0.1) is 21.4 Å². The van der Waals surface area contributed by atoms with Gasteiger partial charge in [-0.2, -0.15) is 5.26 Å². The number of nitriles is 1. The van der Waals surface area contributed by atoms with Gasteiger partial charge in [-0.1, -0.05) is 0 Å². The minimum atomic E-state index is -0.472. The highest BCUT2D eigenvalue weighted by Crippen LogP contribution is 2.26. The predicted octanol–water partition coefficient (Wildman–Crippen LogP) is 3.57. The van der Waals surface area contributed by atoms with E-state index in [-0.39, 0.29) is 18.9 Å². The number of non-ortho nitro benzene ring substituents is 1. The highest BCUT2D eigenvalue weighted by Gasteiger charge is 2.16. The molecule has 0 saturated heterocycles. The van der Waals surface area contributed by atoms with E-state index < -0.39 is 16.1 Å². The van der Waals surface area contributed by atoms with Gasteiger partial charge in [0.25, 0.3) is 5.69 Å². The second kappa shape index (κ2) is 9.44. The zero-order chi connectivity index (χ0) is 18.9. The lowest BCUT2D eigenvalue weighted by atomic mass is 10.2. The normalized spacial score (nSPS) is 11.2. The van der Waals surface area contributed by atoms with Crippen LogP contribution in [0.5, 0.6) is 5.75 Å². The van der Waals surface area contributed by atoms with E-state index in [1.54, 1.807) is 43.3 Å². The Hall–Kier alpha value is -3.05. The number of benzene rings is 2. The Kier molecular flexibility index (Phi) is 7.00. The quantitative estimate of drug-likeness (QED) is 0.229. The molecule has 0 N–H and O–H groups in total. The van der Waals surface area contributed by atoms with Crippen LogP contribution < -0.4 is 4.74 Å². The van der Waals surface area contributed by atoms with Crippen molar-refractivity contribution in [2.45, 2.75) is 17.1 Å². The molecule has 0 saturated carbocycles. The summed E-state index contributed by atoms with van der Waals surface area (Å²) >= 11 is 1.26. The summed E-state index contributed by atoms with van der Waals surface area (Å²) in [5.74, 6) is 0.199. The van der Waals surface area contributed by atoms with E-state index in [0.29, 0.717) is 11.3 Å². The van der Waals surface area contributed by atoms with Crippen molar-refractivity contribution in [2.75, 3.05) is 13.2 Å². The summed E-state index contributed by atoms with van der Waals surface area (Å²) in [5, 5.41) is 18.9. The maximum atomic E-state index is 12.0. The van der Waals surface area contributed by atoms with E-state index in [0.717, 1.165) is 4.90 Å². The van der Waals surface area contributed by atoms with Gasteiger partial charge in [0.15, 0.2) is 0 Å². The Morgan fingerprint density at radius 2 is 1.85 bits per heavy atom. The van der Waals surface area contributed by atoms with Gasteiger partial charge in [0.2, 0.25) is 0 Å². The third-order valence-corrected chi connectivity index (χ3v) is 4.36. The fourth-order valence-corrected chi connectivity index (χ4v) is 2.81. The second-order valence-corrected chi connectivity index (χ2v) is 6.58. The average molecular weight is 372 g/mol. The molecule has 7 nitrogen and oxygen atoms in total. The molecule has 1 atom stereocenters. The van der Waals surface area contributed by atoms with Crippen molar-refractivity contribution in [3.8, 4) is 11.8 Å². The van der Waals surface area contributed by atoms with E-state index in [1.165, 1.54) is 23.9 Å².